The molecule has 0 aliphatic carbocycles. The molecular formula is C16H20N4OS. The molecule has 3 heterocycles. The van der Waals surface area contributed by atoms with Crippen molar-refractivity contribution in [3.8, 4) is 0 Å². The van der Waals surface area contributed by atoms with Gasteiger partial charge in [-0.3, -0.25) is 4.40 Å². The molecule has 22 heavy (non-hydrogen) atoms. The molecule has 0 fully saturated rings. The molecule has 2 N–H and O–H groups in total. The second-order valence-corrected chi connectivity index (χ2v) is 6.59. The molecule has 0 aliphatic heterocycles. The Labute approximate surface area is 133 Å². The number of nitrogens with zero attached hydrogens (tertiary/aromatic N) is 3. The molecule has 0 amide bonds. The largest absolute Gasteiger partial charge is 0.384 e. The van der Waals surface area contributed by atoms with Gasteiger partial charge < -0.3 is 10.4 Å². The monoisotopic (exact) mass is 316 g/mol. The quantitative estimate of drug-likeness (QED) is 0.759. The van der Waals surface area contributed by atoms with Crippen LogP contribution in [0.3, 0.4) is 0 Å². The maximum Gasteiger partial charge on any atom is 0.234 e. The summed E-state index contributed by atoms with van der Waals surface area (Å²) >= 11 is 1.59. The van der Waals surface area contributed by atoms with E-state index < -0.39 is 5.60 Å². The molecule has 0 aromatic carbocycles. The second kappa shape index (κ2) is 5.79. The molecule has 3 aromatic heterocycles. The van der Waals surface area contributed by atoms with Crippen LogP contribution in [-0.4, -0.2) is 26.0 Å². The van der Waals surface area contributed by atoms with Gasteiger partial charge in [-0.05, 0) is 49.2 Å². The van der Waals surface area contributed by atoms with E-state index >= 15 is 0 Å². The Morgan fingerprint density at radius 2 is 2.23 bits per heavy atom. The predicted octanol–water partition coefficient (Wildman–Crippen LogP) is 2.40. The highest BCUT2D eigenvalue weighted by Gasteiger charge is 2.23. The van der Waals surface area contributed by atoms with Crippen molar-refractivity contribution in [2.75, 3.05) is 6.54 Å². The minimum Gasteiger partial charge on any atom is -0.384 e. The van der Waals surface area contributed by atoms with Gasteiger partial charge in [0, 0.05) is 24.5 Å². The Hall–Kier alpha value is -1.76. The highest BCUT2D eigenvalue weighted by Crippen LogP contribution is 2.22. The maximum absolute atomic E-state index is 10.5. The van der Waals surface area contributed by atoms with Crippen LogP contribution in [0.5, 0.6) is 0 Å². The number of rotatable bonds is 5. The smallest absolute Gasteiger partial charge is 0.234 e. The Morgan fingerprint density at radius 1 is 1.41 bits per heavy atom. The third-order valence-electron chi connectivity index (χ3n) is 3.78. The summed E-state index contributed by atoms with van der Waals surface area (Å²) in [7, 11) is 0. The average Bonchev–Trinajstić information content (AvgIpc) is 3.08. The normalized spacial score (nSPS) is 14.4. The summed E-state index contributed by atoms with van der Waals surface area (Å²) in [4.78, 5) is 8.79. The van der Waals surface area contributed by atoms with Gasteiger partial charge in [-0.25, -0.2) is 9.97 Å². The summed E-state index contributed by atoms with van der Waals surface area (Å²) in [5.74, 6) is 0.721. The van der Waals surface area contributed by atoms with Crippen LogP contribution in [0.4, 0.5) is 0 Å². The zero-order valence-corrected chi connectivity index (χ0v) is 13.8. The second-order valence-electron chi connectivity index (χ2n) is 5.81. The Balaban J connectivity index is 1.72. The van der Waals surface area contributed by atoms with Crippen molar-refractivity contribution < 1.29 is 5.11 Å². The summed E-state index contributed by atoms with van der Waals surface area (Å²) < 4.78 is 2.04. The number of aryl methyl sites for hydroxylation is 2. The van der Waals surface area contributed by atoms with Crippen molar-refractivity contribution >= 4 is 17.1 Å². The van der Waals surface area contributed by atoms with Crippen molar-refractivity contribution in [2.24, 2.45) is 0 Å². The standard InChI is InChI=1S/C16H20N4OS/c1-11-6-12(2)20-14(8-18-15(20)19-11)7-17-10-16(3,21)13-4-5-22-9-13/h4-6,8-9,17,21H,7,10H2,1-3H3. The topological polar surface area (TPSA) is 62.5 Å². The molecule has 116 valence electrons. The summed E-state index contributed by atoms with van der Waals surface area (Å²) in [6.45, 7) is 6.96. The zero-order valence-electron chi connectivity index (χ0n) is 13.0. The minimum absolute atomic E-state index is 0.481. The van der Waals surface area contributed by atoms with Crippen LogP contribution in [0.1, 0.15) is 29.6 Å². The Bertz CT molecular complexity index is 777. The number of thiophene rings is 1. The average molecular weight is 316 g/mol. The molecule has 0 spiro atoms. The first kappa shape index (κ1) is 15.1. The SMILES string of the molecule is Cc1cc(C)n2c(CNCC(C)(O)c3ccsc3)cnc2n1. The third-order valence-corrected chi connectivity index (χ3v) is 4.46. The van der Waals surface area contributed by atoms with Crippen molar-refractivity contribution in [2.45, 2.75) is 32.9 Å². The van der Waals surface area contributed by atoms with Crippen LogP contribution in [0, 0.1) is 13.8 Å². The fourth-order valence-corrected chi connectivity index (χ4v) is 3.41. The number of hydrogen-bond donors (Lipinski definition) is 2. The molecule has 0 aliphatic rings. The molecule has 5 nitrogen and oxygen atoms in total. The van der Waals surface area contributed by atoms with Gasteiger partial charge in [0.2, 0.25) is 5.78 Å². The zero-order chi connectivity index (χ0) is 15.7. The van der Waals surface area contributed by atoms with E-state index in [1.165, 1.54) is 0 Å². The minimum atomic E-state index is -0.871. The molecule has 0 saturated carbocycles. The summed E-state index contributed by atoms with van der Waals surface area (Å²) in [5, 5.41) is 17.8. The highest BCUT2D eigenvalue weighted by molar-refractivity contribution is 7.08. The maximum atomic E-state index is 10.5. The first-order valence-electron chi connectivity index (χ1n) is 7.24. The van der Waals surface area contributed by atoms with Gasteiger partial charge in [-0.15, -0.1) is 0 Å². The molecule has 0 saturated heterocycles. The van der Waals surface area contributed by atoms with Gasteiger partial charge in [0.05, 0.1) is 17.5 Å². The number of nitrogens with one attached hydrogen (secondary N) is 1. The third kappa shape index (κ3) is 2.90. The van der Waals surface area contributed by atoms with E-state index in [0.29, 0.717) is 13.1 Å². The van der Waals surface area contributed by atoms with Gasteiger partial charge in [0.25, 0.3) is 0 Å². The van der Waals surface area contributed by atoms with Crippen LogP contribution in [-0.2, 0) is 12.1 Å². The number of aromatic nitrogens is 3. The molecule has 3 rings (SSSR count). The van der Waals surface area contributed by atoms with Gasteiger partial charge in [-0.1, -0.05) is 0 Å². The lowest BCUT2D eigenvalue weighted by atomic mass is 9.99. The molecular weight excluding hydrogens is 296 g/mol. The van der Waals surface area contributed by atoms with Crippen LogP contribution in [0.2, 0.25) is 0 Å². The molecule has 0 bridgehead atoms. The Morgan fingerprint density at radius 3 is 2.95 bits per heavy atom. The number of imidazole rings is 1. The lowest BCUT2D eigenvalue weighted by molar-refractivity contribution is 0.0570. The van der Waals surface area contributed by atoms with Crippen LogP contribution in [0.15, 0.2) is 29.1 Å². The lowest BCUT2D eigenvalue weighted by Gasteiger charge is -2.22. The van der Waals surface area contributed by atoms with E-state index in [9.17, 15) is 5.11 Å². The fourth-order valence-electron chi connectivity index (χ4n) is 2.63. The molecule has 1 unspecified atom stereocenters. The van der Waals surface area contributed by atoms with Gasteiger partial charge in [0.15, 0.2) is 0 Å². The van der Waals surface area contributed by atoms with Crippen molar-refractivity contribution in [1.29, 1.82) is 0 Å². The van der Waals surface area contributed by atoms with Gasteiger partial charge in [-0.2, -0.15) is 11.3 Å². The molecule has 3 aromatic rings. The van der Waals surface area contributed by atoms with E-state index in [1.54, 1.807) is 11.3 Å². The van der Waals surface area contributed by atoms with Crippen LogP contribution >= 0.6 is 11.3 Å². The first-order chi connectivity index (χ1) is 10.5. The van der Waals surface area contributed by atoms with Gasteiger partial charge in [0.1, 0.15) is 0 Å². The van der Waals surface area contributed by atoms with Crippen LogP contribution in [0.25, 0.3) is 5.78 Å². The molecule has 0 radical (unpaired) electrons. The van der Waals surface area contributed by atoms with E-state index in [1.807, 2.05) is 54.3 Å². The van der Waals surface area contributed by atoms with Crippen LogP contribution < -0.4 is 5.32 Å². The van der Waals surface area contributed by atoms with E-state index in [2.05, 4.69) is 15.3 Å². The summed E-state index contributed by atoms with van der Waals surface area (Å²) in [6, 6.07) is 4.00. The summed E-state index contributed by atoms with van der Waals surface area (Å²) in [5.41, 5.74) is 3.19. The number of aliphatic hydroxyl groups is 1. The number of fused-ring (bicyclic) bond motifs is 1. The van der Waals surface area contributed by atoms with Crippen molar-refractivity contribution in [3.63, 3.8) is 0 Å². The first-order valence-corrected chi connectivity index (χ1v) is 8.18. The Kier molecular flexibility index (Phi) is 3.99. The van der Waals surface area contributed by atoms with E-state index in [-0.39, 0.29) is 0 Å². The van der Waals surface area contributed by atoms with Crippen molar-refractivity contribution in [1.82, 2.24) is 19.7 Å². The molecule has 6 heteroatoms. The lowest BCUT2D eigenvalue weighted by Crippen LogP contribution is -2.35. The van der Waals surface area contributed by atoms with E-state index in [4.69, 9.17) is 0 Å². The van der Waals surface area contributed by atoms with Gasteiger partial charge >= 0.3 is 0 Å². The fraction of sp³-hybridized carbons (Fsp3) is 0.375. The predicted molar refractivity (Wildman–Crippen MR) is 88.1 cm³/mol. The van der Waals surface area contributed by atoms with E-state index in [0.717, 1.165) is 28.4 Å². The van der Waals surface area contributed by atoms with Crippen molar-refractivity contribution in [3.05, 3.63) is 51.7 Å². The highest BCUT2D eigenvalue weighted by atomic mass is 32.1. The number of hydrogen-bond acceptors (Lipinski definition) is 5. The molecule has 1 atom stereocenters. The summed E-state index contributed by atoms with van der Waals surface area (Å²) in [6.07, 6.45) is 1.83.